The standard InChI is InChI=1S/C23H25N3O6/c1-15(27)20(26-23(30)32-14-16-8-4-3-5-9-16)21(28)25-19(22(29)31-2)12-17-10-6-7-11-18(17)13-24/h3-11,15,19-20,27H,12,14H2,1-2H3,(H,25,28)(H,26,30)/t15-,19-,20+/m1/s1. The van der Waals surface area contributed by atoms with Crippen molar-refractivity contribution in [2.45, 2.75) is 38.1 Å². The van der Waals surface area contributed by atoms with Crippen molar-refractivity contribution in [3.8, 4) is 6.07 Å². The van der Waals surface area contributed by atoms with Crippen molar-refractivity contribution in [3.63, 3.8) is 0 Å². The van der Waals surface area contributed by atoms with E-state index in [9.17, 15) is 24.8 Å². The van der Waals surface area contributed by atoms with Gasteiger partial charge >= 0.3 is 12.1 Å². The highest BCUT2D eigenvalue weighted by molar-refractivity contribution is 5.90. The molecule has 0 radical (unpaired) electrons. The van der Waals surface area contributed by atoms with Gasteiger partial charge in [0.05, 0.1) is 24.8 Å². The Hall–Kier alpha value is -3.90. The Balaban J connectivity index is 2.06. The number of amides is 2. The van der Waals surface area contributed by atoms with E-state index >= 15 is 0 Å². The van der Waals surface area contributed by atoms with Gasteiger partial charge in [0.1, 0.15) is 18.7 Å². The Morgan fingerprint density at radius 2 is 1.72 bits per heavy atom. The summed E-state index contributed by atoms with van der Waals surface area (Å²) in [7, 11) is 1.17. The molecule has 0 fully saturated rings. The molecule has 0 bridgehead atoms. The van der Waals surface area contributed by atoms with Crippen molar-refractivity contribution < 1.29 is 29.0 Å². The average molecular weight is 439 g/mol. The molecule has 32 heavy (non-hydrogen) atoms. The number of carbonyl (C=O) groups is 3. The molecule has 3 N–H and O–H groups in total. The fourth-order valence-corrected chi connectivity index (χ4v) is 2.92. The topological polar surface area (TPSA) is 138 Å². The van der Waals surface area contributed by atoms with Crippen molar-refractivity contribution in [3.05, 3.63) is 71.3 Å². The van der Waals surface area contributed by atoms with E-state index in [4.69, 9.17) is 9.47 Å². The van der Waals surface area contributed by atoms with Crippen LogP contribution < -0.4 is 10.6 Å². The van der Waals surface area contributed by atoms with Gasteiger partial charge in [0.15, 0.2) is 0 Å². The quantitative estimate of drug-likeness (QED) is 0.503. The molecular formula is C23H25N3O6. The van der Waals surface area contributed by atoms with Crippen LogP contribution >= 0.6 is 0 Å². The van der Waals surface area contributed by atoms with Crippen molar-refractivity contribution >= 4 is 18.0 Å². The van der Waals surface area contributed by atoms with Gasteiger partial charge in [-0.2, -0.15) is 5.26 Å². The Morgan fingerprint density at radius 3 is 2.34 bits per heavy atom. The molecule has 0 aliphatic carbocycles. The van der Waals surface area contributed by atoms with Crippen LogP contribution in [-0.2, 0) is 32.1 Å². The highest BCUT2D eigenvalue weighted by atomic mass is 16.5. The summed E-state index contributed by atoms with van der Waals surface area (Å²) in [6.45, 7) is 1.30. The number of rotatable bonds is 9. The van der Waals surface area contributed by atoms with Gasteiger partial charge in [-0.3, -0.25) is 4.79 Å². The zero-order chi connectivity index (χ0) is 23.5. The van der Waals surface area contributed by atoms with Crippen LogP contribution in [0.15, 0.2) is 54.6 Å². The maximum absolute atomic E-state index is 12.8. The lowest BCUT2D eigenvalue weighted by Gasteiger charge is -2.24. The van der Waals surface area contributed by atoms with E-state index < -0.39 is 36.2 Å². The molecule has 2 aromatic carbocycles. The molecule has 2 rings (SSSR count). The van der Waals surface area contributed by atoms with Gasteiger partial charge in [-0.15, -0.1) is 0 Å². The number of hydrogen-bond donors (Lipinski definition) is 3. The van der Waals surface area contributed by atoms with Crippen molar-refractivity contribution in [1.82, 2.24) is 10.6 Å². The number of ether oxygens (including phenoxy) is 2. The summed E-state index contributed by atoms with van der Waals surface area (Å²) in [5.41, 5.74) is 1.64. The van der Waals surface area contributed by atoms with Gasteiger partial charge in [-0.05, 0) is 24.1 Å². The van der Waals surface area contributed by atoms with Gasteiger partial charge in [0.25, 0.3) is 0 Å². The fraction of sp³-hybridized carbons (Fsp3) is 0.304. The number of nitriles is 1. The summed E-state index contributed by atoms with van der Waals surface area (Å²) in [4.78, 5) is 37.1. The Kier molecular flexibility index (Phi) is 9.20. The second-order valence-corrected chi connectivity index (χ2v) is 6.98. The molecule has 0 saturated heterocycles. The normalized spacial score (nSPS) is 13.1. The number of hydrogen-bond acceptors (Lipinski definition) is 7. The number of esters is 1. The number of nitrogens with one attached hydrogen (secondary N) is 2. The van der Waals surface area contributed by atoms with E-state index in [2.05, 4.69) is 10.6 Å². The highest BCUT2D eigenvalue weighted by Gasteiger charge is 2.31. The molecule has 0 saturated carbocycles. The van der Waals surface area contributed by atoms with Gasteiger partial charge in [-0.1, -0.05) is 48.5 Å². The van der Waals surface area contributed by atoms with Crippen LogP contribution in [0.25, 0.3) is 0 Å². The van der Waals surface area contributed by atoms with Crippen LogP contribution in [-0.4, -0.2) is 48.4 Å². The summed E-state index contributed by atoms with van der Waals surface area (Å²) in [6, 6.07) is 15.1. The predicted molar refractivity (Wildman–Crippen MR) is 114 cm³/mol. The largest absolute Gasteiger partial charge is 0.467 e. The molecule has 3 atom stereocenters. The number of aliphatic hydroxyl groups excluding tert-OH is 1. The van der Waals surface area contributed by atoms with Gasteiger partial charge in [0, 0.05) is 6.42 Å². The number of methoxy groups -OCH3 is 1. The minimum absolute atomic E-state index is 0.00682. The molecule has 0 heterocycles. The maximum atomic E-state index is 12.8. The zero-order valence-corrected chi connectivity index (χ0v) is 17.8. The Labute approximate surface area is 186 Å². The smallest absolute Gasteiger partial charge is 0.408 e. The summed E-state index contributed by atoms with van der Waals surface area (Å²) < 4.78 is 9.85. The molecule has 0 aromatic heterocycles. The van der Waals surface area contributed by atoms with E-state index in [0.717, 1.165) is 5.56 Å². The molecule has 168 valence electrons. The van der Waals surface area contributed by atoms with Crippen molar-refractivity contribution in [1.29, 1.82) is 5.26 Å². The molecule has 9 heteroatoms. The minimum atomic E-state index is -1.38. The molecule has 0 unspecified atom stereocenters. The summed E-state index contributed by atoms with van der Waals surface area (Å²) >= 11 is 0. The van der Waals surface area contributed by atoms with Crippen molar-refractivity contribution in [2.24, 2.45) is 0 Å². The van der Waals surface area contributed by atoms with Gasteiger partial charge < -0.3 is 25.2 Å². The Bertz CT molecular complexity index is 971. The molecule has 2 aromatic rings. The number of carbonyl (C=O) groups excluding carboxylic acids is 3. The third-order valence-corrected chi connectivity index (χ3v) is 4.62. The third-order valence-electron chi connectivity index (χ3n) is 4.62. The zero-order valence-electron chi connectivity index (χ0n) is 17.8. The van der Waals surface area contributed by atoms with Crippen LogP contribution in [0.1, 0.15) is 23.6 Å². The molecule has 9 nitrogen and oxygen atoms in total. The third kappa shape index (κ3) is 7.11. The van der Waals surface area contributed by atoms with Crippen LogP contribution in [0, 0.1) is 11.3 Å². The van der Waals surface area contributed by atoms with Crippen LogP contribution in [0.3, 0.4) is 0 Å². The highest BCUT2D eigenvalue weighted by Crippen LogP contribution is 2.11. The summed E-state index contributed by atoms with van der Waals surface area (Å²) in [5, 5.41) is 24.0. The molecule has 0 aliphatic heterocycles. The number of alkyl carbamates (subject to hydrolysis) is 1. The Morgan fingerprint density at radius 1 is 1.06 bits per heavy atom. The molecule has 0 spiro atoms. The lowest BCUT2D eigenvalue weighted by Crippen LogP contribution is -2.56. The predicted octanol–water partition coefficient (Wildman–Crippen LogP) is 1.43. The van der Waals surface area contributed by atoms with Crippen LogP contribution in [0.5, 0.6) is 0 Å². The lowest BCUT2D eigenvalue weighted by atomic mass is 10.0. The molecule has 0 aliphatic rings. The van der Waals surface area contributed by atoms with E-state index in [1.54, 1.807) is 48.5 Å². The second kappa shape index (κ2) is 12.1. The molecule has 2 amide bonds. The number of aliphatic hydroxyl groups is 1. The van der Waals surface area contributed by atoms with E-state index in [1.165, 1.54) is 14.0 Å². The fourth-order valence-electron chi connectivity index (χ4n) is 2.92. The average Bonchev–Trinajstić information content (AvgIpc) is 2.80. The van der Waals surface area contributed by atoms with E-state index in [-0.39, 0.29) is 13.0 Å². The summed E-state index contributed by atoms with van der Waals surface area (Å²) in [6.07, 6.45) is -2.18. The maximum Gasteiger partial charge on any atom is 0.408 e. The SMILES string of the molecule is COC(=O)[C@@H](Cc1ccccc1C#N)NC(=O)[C@@H](NC(=O)OCc1ccccc1)[C@@H](C)O. The summed E-state index contributed by atoms with van der Waals surface area (Å²) in [5.74, 6) is -1.54. The molecular weight excluding hydrogens is 414 g/mol. The lowest BCUT2D eigenvalue weighted by molar-refractivity contribution is -0.145. The second-order valence-electron chi connectivity index (χ2n) is 6.98. The first kappa shape index (κ1) is 24.4. The van der Waals surface area contributed by atoms with E-state index in [1.807, 2.05) is 12.1 Å². The number of benzene rings is 2. The van der Waals surface area contributed by atoms with E-state index in [0.29, 0.717) is 11.1 Å². The van der Waals surface area contributed by atoms with Gasteiger partial charge in [0.2, 0.25) is 5.91 Å². The first-order valence-electron chi connectivity index (χ1n) is 9.87. The van der Waals surface area contributed by atoms with Crippen LogP contribution in [0.2, 0.25) is 0 Å². The number of nitrogens with zero attached hydrogens (tertiary/aromatic N) is 1. The first-order chi connectivity index (χ1) is 15.3. The minimum Gasteiger partial charge on any atom is -0.467 e. The van der Waals surface area contributed by atoms with Crippen LogP contribution in [0.4, 0.5) is 4.79 Å². The van der Waals surface area contributed by atoms with Crippen molar-refractivity contribution in [2.75, 3.05) is 7.11 Å². The first-order valence-corrected chi connectivity index (χ1v) is 9.87. The van der Waals surface area contributed by atoms with Gasteiger partial charge in [-0.25, -0.2) is 9.59 Å². The monoisotopic (exact) mass is 439 g/mol.